The predicted molar refractivity (Wildman–Crippen MR) is 42.5 cm³/mol. The smallest absolute Gasteiger partial charge is 0.402 e. The van der Waals surface area contributed by atoms with E-state index in [0.29, 0.717) is 0 Å². The van der Waals surface area contributed by atoms with E-state index in [1.54, 1.807) is 0 Å². The van der Waals surface area contributed by atoms with E-state index in [1.165, 1.54) is 0 Å². The van der Waals surface area contributed by atoms with Crippen LogP contribution in [0.5, 0.6) is 5.75 Å². The van der Waals surface area contributed by atoms with Gasteiger partial charge in [0.05, 0.1) is 6.07 Å². The molecule has 0 aliphatic carbocycles. The number of pyridine rings is 1. The third-order valence-corrected chi connectivity index (χ3v) is 1.59. The molecule has 1 rings (SSSR count). The fourth-order valence-corrected chi connectivity index (χ4v) is 0.974. The number of rotatable bonds is 2. The van der Waals surface area contributed by atoms with Crippen molar-refractivity contribution in [1.82, 2.24) is 4.98 Å². The van der Waals surface area contributed by atoms with Crippen LogP contribution in [-0.2, 0) is 6.18 Å². The highest BCUT2D eigenvalue weighted by Gasteiger charge is 2.45. The van der Waals surface area contributed by atoms with Crippen molar-refractivity contribution < 1.29 is 40.4 Å². The third kappa shape index (κ3) is 3.66. The minimum absolute atomic E-state index is 0.196. The average molecular weight is 294 g/mol. The van der Waals surface area contributed by atoms with Crippen LogP contribution in [0.4, 0.5) is 36.6 Å². The lowest BCUT2D eigenvalue weighted by atomic mass is 10.3. The Hall–Kier alpha value is -2.14. The number of aromatic nitrogens is 1. The van der Waals surface area contributed by atoms with E-state index in [-0.39, 0.29) is 6.07 Å². The second-order valence-corrected chi connectivity index (χ2v) is 2.94. The molecule has 0 bridgehead atoms. The van der Waals surface area contributed by atoms with Gasteiger partial charge in [-0.3, -0.25) is 0 Å². The molecular weight excluding hydrogens is 293 g/mol. The van der Waals surface area contributed by atoms with E-state index >= 15 is 0 Å². The lowest BCUT2D eigenvalue weighted by Crippen LogP contribution is -2.20. The maximum absolute atomic E-state index is 13.1. The van der Waals surface area contributed by atoms with Gasteiger partial charge >= 0.3 is 18.4 Å². The van der Waals surface area contributed by atoms with Crippen molar-refractivity contribution in [1.29, 1.82) is 0 Å². The molecule has 1 aromatic heterocycles. The van der Waals surface area contributed by atoms with Gasteiger partial charge in [-0.15, -0.1) is 13.2 Å². The van der Waals surface area contributed by atoms with Crippen molar-refractivity contribution in [3.8, 4) is 5.75 Å². The average Bonchev–Trinajstić information content (AvgIpc) is 2.16. The summed E-state index contributed by atoms with van der Waals surface area (Å²) in [5.74, 6) is -6.11. The summed E-state index contributed by atoms with van der Waals surface area (Å²) in [4.78, 5) is 11.0. The first-order valence-electron chi connectivity index (χ1n) is 4.09. The third-order valence-electron chi connectivity index (χ3n) is 1.59. The molecule has 0 aromatic carbocycles. The predicted octanol–water partition coefficient (Wildman–Crippen LogP) is 3.05. The summed E-state index contributed by atoms with van der Waals surface area (Å²) in [5.41, 5.74) is -2.47. The Labute approximate surface area is 98.3 Å². The summed E-state index contributed by atoms with van der Waals surface area (Å²) in [5, 5.41) is 10.2. The number of ether oxygens (including phenoxy) is 1. The molecule has 19 heavy (non-hydrogen) atoms. The summed E-state index contributed by atoms with van der Waals surface area (Å²) < 4.78 is 88.2. The van der Waals surface area contributed by atoms with Gasteiger partial charge in [0.1, 0.15) is 0 Å². The zero-order chi connectivity index (χ0) is 15.0. The zero-order valence-electron chi connectivity index (χ0n) is 8.34. The molecule has 0 saturated carbocycles. The normalized spacial score (nSPS) is 12.4. The van der Waals surface area contributed by atoms with Crippen LogP contribution >= 0.6 is 0 Å². The van der Waals surface area contributed by atoms with Gasteiger partial charge in [0.15, 0.2) is 5.75 Å². The van der Waals surface area contributed by atoms with Crippen LogP contribution in [0.1, 0.15) is 5.69 Å². The lowest BCUT2D eigenvalue weighted by Gasteiger charge is -2.11. The van der Waals surface area contributed by atoms with E-state index in [4.69, 9.17) is 0 Å². The molecule has 0 saturated heterocycles. The van der Waals surface area contributed by atoms with Crippen molar-refractivity contribution in [3.63, 3.8) is 0 Å². The molecular formula is C7HF7N2O3. The summed E-state index contributed by atoms with van der Waals surface area (Å²) >= 11 is 0. The van der Waals surface area contributed by atoms with Crippen LogP contribution < -0.4 is 4.74 Å². The zero-order valence-corrected chi connectivity index (χ0v) is 8.34. The number of hydrogen-bond acceptors (Lipinski definition) is 4. The monoisotopic (exact) mass is 294 g/mol. The first-order valence-corrected chi connectivity index (χ1v) is 4.09. The Kier molecular flexibility index (Phi) is 3.54. The molecule has 0 fully saturated rings. The Morgan fingerprint density at radius 1 is 1.21 bits per heavy atom. The van der Waals surface area contributed by atoms with Crippen molar-refractivity contribution in [2.24, 2.45) is 0 Å². The van der Waals surface area contributed by atoms with Crippen LogP contribution in [-0.4, -0.2) is 16.3 Å². The van der Waals surface area contributed by atoms with Gasteiger partial charge < -0.3 is 14.9 Å². The van der Waals surface area contributed by atoms with Crippen LogP contribution in [0.3, 0.4) is 0 Å². The van der Waals surface area contributed by atoms with Crippen LogP contribution in [0.2, 0.25) is 0 Å². The maximum atomic E-state index is 13.1. The second kappa shape index (κ2) is 4.51. The topological polar surface area (TPSA) is 65.3 Å². The molecule has 12 heteroatoms. The molecule has 0 radical (unpaired) electrons. The number of halogens is 7. The minimum atomic E-state index is -5.51. The van der Waals surface area contributed by atoms with Gasteiger partial charge in [-0.25, -0.2) is 0 Å². The molecule has 0 aliphatic rings. The Morgan fingerprint density at radius 2 is 1.74 bits per heavy atom. The minimum Gasteiger partial charge on any atom is -0.402 e. The number of nitrogens with zero attached hydrogens (tertiary/aromatic N) is 2. The molecule has 106 valence electrons. The number of nitro groups is 1. The molecule has 5 nitrogen and oxygen atoms in total. The molecule has 1 heterocycles. The fourth-order valence-electron chi connectivity index (χ4n) is 0.974. The second-order valence-electron chi connectivity index (χ2n) is 2.94. The first-order chi connectivity index (χ1) is 8.42. The van der Waals surface area contributed by atoms with Crippen LogP contribution in [0.15, 0.2) is 6.07 Å². The van der Waals surface area contributed by atoms with Crippen molar-refractivity contribution in [2.75, 3.05) is 0 Å². The molecule has 0 amide bonds. The highest BCUT2D eigenvalue weighted by molar-refractivity contribution is 5.37. The Bertz CT molecular complexity index is 511. The van der Waals surface area contributed by atoms with Gasteiger partial charge in [-0.05, 0) is 9.91 Å². The SMILES string of the molecule is O=[N+]([O-])c1cc(OC(F)(F)F)c(F)c(C(F)(F)F)n1. The van der Waals surface area contributed by atoms with E-state index in [0.717, 1.165) is 0 Å². The van der Waals surface area contributed by atoms with Crippen molar-refractivity contribution in [2.45, 2.75) is 12.5 Å². The Balaban J connectivity index is 3.46. The lowest BCUT2D eigenvalue weighted by molar-refractivity contribution is -0.390. The molecule has 0 unspecified atom stereocenters. The molecule has 0 spiro atoms. The summed E-state index contributed by atoms with van der Waals surface area (Å²) in [6, 6.07) is -0.196. The Morgan fingerprint density at radius 3 is 2.11 bits per heavy atom. The van der Waals surface area contributed by atoms with Crippen molar-refractivity contribution in [3.05, 3.63) is 27.7 Å². The standard InChI is InChI=1S/C7HF7N2O3/c8-4-2(19-7(12,13)14)1-3(16(17)18)15-5(4)6(9,10)11/h1H. The van der Waals surface area contributed by atoms with Gasteiger partial charge in [-0.2, -0.15) is 17.6 Å². The highest BCUT2D eigenvalue weighted by atomic mass is 19.4. The maximum Gasteiger partial charge on any atom is 0.573 e. The van der Waals surface area contributed by atoms with Gasteiger partial charge in [0.2, 0.25) is 5.82 Å². The van der Waals surface area contributed by atoms with E-state index < -0.39 is 40.5 Å². The largest absolute Gasteiger partial charge is 0.573 e. The van der Waals surface area contributed by atoms with E-state index in [1.807, 2.05) is 0 Å². The fraction of sp³-hybridized carbons (Fsp3) is 0.286. The summed E-state index contributed by atoms with van der Waals surface area (Å²) in [7, 11) is 0. The molecule has 0 N–H and O–H groups in total. The van der Waals surface area contributed by atoms with Gasteiger partial charge in [0.25, 0.3) is 5.69 Å². The number of hydrogen-bond donors (Lipinski definition) is 0. The van der Waals surface area contributed by atoms with E-state index in [2.05, 4.69) is 9.72 Å². The van der Waals surface area contributed by atoms with Gasteiger partial charge in [-0.1, -0.05) is 0 Å². The quantitative estimate of drug-likeness (QED) is 0.477. The van der Waals surface area contributed by atoms with Crippen LogP contribution in [0.25, 0.3) is 0 Å². The van der Waals surface area contributed by atoms with E-state index in [9.17, 15) is 40.8 Å². The molecule has 1 aromatic rings. The first kappa shape index (κ1) is 14.9. The summed E-state index contributed by atoms with van der Waals surface area (Å²) in [6.07, 6.45) is -11.0. The summed E-state index contributed by atoms with van der Waals surface area (Å²) in [6.45, 7) is 0. The van der Waals surface area contributed by atoms with Crippen molar-refractivity contribution >= 4 is 5.82 Å². The molecule has 0 atom stereocenters. The highest BCUT2D eigenvalue weighted by Crippen LogP contribution is 2.37. The number of alkyl halides is 6. The van der Waals surface area contributed by atoms with Gasteiger partial charge in [0, 0.05) is 0 Å². The molecule has 0 aliphatic heterocycles. The van der Waals surface area contributed by atoms with Crippen LogP contribution in [0, 0.1) is 15.9 Å².